The van der Waals surface area contributed by atoms with Crippen LogP contribution in [-0.4, -0.2) is 43.8 Å². The molecule has 0 saturated carbocycles. The normalized spacial score (nSPS) is 8.97. The number of carboxylic acid groups (broad SMARTS) is 4. The minimum absolute atomic E-state index is 0. The first-order valence-corrected chi connectivity index (χ1v) is 20.1. The largest absolute Gasteiger partial charge is 2.00 e. The molecule has 0 atom stereocenters. The van der Waals surface area contributed by atoms with Crippen molar-refractivity contribution in [2.75, 3.05) is 0 Å². The minimum atomic E-state index is -1.13. The number of hydrogen-bond acceptors (Lipinski definition) is 12. The quantitative estimate of drug-likeness (QED) is 0.172. The van der Waals surface area contributed by atoms with E-state index in [9.17, 15) is 39.6 Å². The molecule has 18 heteroatoms. The molecule has 2 heterocycles. The maximum atomic E-state index is 10.2. The Balaban J connectivity index is 0. The van der Waals surface area contributed by atoms with Gasteiger partial charge in [0.05, 0.1) is 46.7 Å². The summed E-state index contributed by atoms with van der Waals surface area (Å²) in [5, 5.41) is 41.0. The first-order chi connectivity index (χ1) is 26.4. The third-order valence-electron chi connectivity index (χ3n) is 5.99. The summed E-state index contributed by atoms with van der Waals surface area (Å²) < 4.78 is 3.61. The third-order valence-corrected chi connectivity index (χ3v) is 8.68. The third kappa shape index (κ3) is 26.8. The van der Waals surface area contributed by atoms with Crippen molar-refractivity contribution in [3.05, 3.63) is 181 Å². The molecule has 0 bridgehead atoms. The van der Waals surface area contributed by atoms with Crippen LogP contribution in [0.25, 0.3) is 0 Å². The van der Waals surface area contributed by atoms with Gasteiger partial charge in [-0.25, -0.2) is 0 Å². The van der Waals surface area contributed by atoms with Crippen molar-refractivity contribution in [2.24, 2.45) is 0 Å². The molecule has 12 nitrogen and oxygen atoms in total. The van der Waals surface area contributed by atoms with Gasteiger partial charge < -0.3 is 39.6 Å². The summed E-state index contributed by atoms with van der Waals surface area (Å²) in [6, 6.07) is 26.4. The average molecular weight is 1330 g/mol. The number of aromatic nitrogens is 4. The van der Waals surface area contributed by atoms with Gasteiger partial charge in [-0.2, -0.15) is 0 Å². The second kappa shape index (κ2) is 31.8. The van der Waals surface area contributed by atoms with E-state index in [0.29, 0.717) is 0 Å². The monoisotopic (exact) mass is 1330 g/mol. The fourth-order valence-electron chi connectivity index (χ4n) is 3.64. The zero-order valence-electron chi connectivity index (χ0n) is 30.7. The van der Waals surface area contributed by atoms with Crippen LogP contribution in [0.4, 0.5) is 0 Å². The molecular weight excluding hydrogens is 1300 g/mol. The number of carbonyl (C=O) groups excluding carboxylic acids is 4. The van der Waals surface area contributed by atoms with Gasteiger partial charge in [-0.3, -0.25) is 19.9 Å². The molecule has 0 N–H and O–H groups in total. The van der Waals surface area contributed by atoms with Crippen LogP contribution in [0.3, 0.4) is 0 Å². The van der Waals surface area contributed by atoms with Crippen molar-refractivity contribution in [3.63, 3.8) is 0 Å². The first-order valence-electron chi connectivity index (χ1n) is 15.8. The van der Waals surface area contributed by atoms with E-state index in [2.05, 4.69) is 19.9 Å². The summed E-state index contributed by atoms with van der Waals surface area (Å²) in [5.41, 5.74) is 4.82. The van der Waals surface area contributed by atoms with Crippen LogP contribution < -0.4 is 20.4 Å². The van der Waals surface area contributed by atoms with Gasteiger partial charge in [0.1, 0.15) is 0 Å². The topological polar surface area (TPSA) is 212 Å². The molecular formula is C40H32Cu2I4N4O8. The van der Waals surface area contributed by atoms with Crippen molar-refractivity contribution >= 4 is 114 Å². The summed E-state index contributed by atoms with van der Waals surface area (Å²) >= 11 is 8.19. The Hall–Kier alpha value is -3.12. The van der Waals surface area contributed by atoms with Crippen LogP contribution in [0.5, 0.6) is 0 Å². The number of carbonyl (C=O) groups is 4. The molecule has 58 heavy (non-hydrogen) atoms. The maximum Gasteiger partial charge on any atom is 2.00 e. The zero-order valence-corrected chi connectivity index (χ0v) is 41.2. The van der Waals surface area contributed by atoms with Gasteiger partial charge >= 0.3 is 34.1 Å². The van der Waals surface area contributed by atoms with Crippen LogP contribution in [-0.2, 0) is 34.1 Å². The second-order valence-corrected chi connectivity index (χ2v) is 15.8. The molecule has 0 fully saturated rings. The number of carboxylic acids is 4. The summed E-state index contributed by atoms with van der Waals surface area (Å²) in [6.07, 6.45) is 6.97. The van der Waals surface area contributed by atoms with E-state index in [0.717, 1.165) is 37.1 Å². The molecule has 4 aromatic carbocycles. The van der Waals surface area contributed by atoms with Gasteiger partial charge in [-0.1, -0.05) is 48.5 Å². The molecule has 2 radical (unpaired) electrons. The summed E-state index contributed by atoms with van der Waals surface area (Å²) in [4.78, 5) is 57.0. The van der Waals surface area contributed by atoms with Crippen LogP contribution in [0.2, 0.25) is 0 Å². The molecule has 0 amide bonds. The molecule has 310 valence electrons. The van der Waals surface area contributed by atoms with E-state index in [4.69, 9.17) is 0 Å². The SMILES string of the molecule is Cc1cncc(C)n1.Cc1cncc(C)n1.O=C([O-])c1cccc(I)c1.O=C([O-])c1cccc(I)c1.O=C([O-])c1cccc(I)c1.O=C([O-])c1cccc(I)c1.[Cu+2].[Cu+2]. The Bertz CT molecular complexity index is 1920. The van der Waals surface area contributed by atoms with Gasteiger partial charge in [-0.05, 0) is 189 Å². The summed E-state index contributed by atoms with van der Waals surface area (Å²) in [7, 11) is 0. The number of halogens is 4. The van der Waals surface area contributed by atoms with Crippen molar-refractivity contribution in [1.29, 1.82) is 0 Å². The number of aryl methyl sites for hydroxylation is 4. The van der Waals surface area contributed by atoms with Crippen LogP contribution in [0.1, 0.15) is 64.2 Å². The Kier molecular flexibility index (Phi) is 31.2. The van der Waals surface area contributed by atoms with Gasteiger partial charge in [0, 0.05) is 39.1 Å². The molecule has 6 aromatic rings. The van der Waals surface area contributed by atoms with Gasteiger partial charge in [-0.15, -0.1) is 0 Å². The van der Waals surface area contributed by atoms with Gasteiger partial charge in [0.25, 0.3) is 0 Å². The predicted octanol–water partition coefficient (Wildman–Crippen LogP) is 4.80. The number of hydrogen-bond donors (Lipinski definition) is 0. The smallest absolute Gasteiger partial charge is 0.545 e. The van der Waals surface area contributed by atoms with Gasteiger partial charge in [0.2, 0.25) is 0 Å². The number of aromatic carboxylic acids is 4. The van der Waals surface area contributed by atoms with Crippen LogP contribution >= 0.6 is 90.4 Å². The van der Waals surface area contributed by atoms with E-state index in [1.54, 1.807) is 73.3 Å². The Morgan fingerprint density at radius 1 is 0.397 bits per heavy atom. The minimum Gasteiger partial charge on any atom is -0.545 e. The molecule has 0 unspecified atom stereocenters. The van der Waals surface area contributed by atoms with E-state index in [1.165, 1.54) is 24.3 Å². The molecule has 2 aromatic heterocycles. The van der Waals surface area contributed by atoms with E-state index in [1.807, 2.05) is 142 Å². The van der Waals surface area contributed by atoms with Crippen LogP contribution in [0, 0.1) is 42.0 Å². The fraction of sp³-hybridized carbons (Fsp3) is 0.100. The fourth-order valence-corrected chi connectivity index (χ4v) is 5.81. The summed E-state index contributed by atoms with van der Waals surface area (Å²) in [5.74, 6) is -4.51. The molecule has 0 aliphatic heterocycles. The number of benzene rings is 4. The van der Waals surface area contributed by atoms with Crippen molar-refractivity contribution in [2.45, 2.75) is 27.7 Å². The van der Waals surface area contributed by atoms with Crippen LogP contribution in [0.15, 0.2) is 122 Å². The second-order valence-electron chi connectivity index (χ2n) is 10.8. The summed E-state index contributed by atoms with van der Waals surface area (Å²) in [6.45, 7) is 7.72. The maximum absolute atomic E-state index is 10.2. The predicted molar refractivity (Wildman–Crippen MR) is 237 cm³/mol. The first kappa shape index (κ1) is 57.0. The number of nitrogens with zero attached hydrogens (tertiary/aromatic N) is 4. The van der Waals surface area contributed by atoms with E-state index < -0.39 is 23.9 Å². The Labute approximate surface area is 412 Å². The molecule has 0 aliphatic rings. The molecule has 6 rings (SSSR count). The van der Waals surface area contributed by atoms with Gasteiger partial charge in [0.15, 0.2) is 0 Å². The Morgan fingerprint density at radius 2 is 0.586 bits per heavy atom. The number of rotatable bonds is 4. The molecule has 0 spiro atoms. The van der Waals surface area contributed by atoms with E-state index in [-0.39, 0.29) is 56.4 Å². The van der Waals surface area contributed by atoms with E-state index >= 15 is 0 Å². The van der Waals surface area contributed by atoms with Crippen molar-refractivity contribution in [1.82, 2.24) is 19.9 Å². The Morgan fingerprint density at radius 3 is 0.690 bits per heavy atom. The zero-order chi connectivity index (χ0) is 42.2. The standard InChI is InChI=1S/4C7H5IO2.2C6H8N2.2Cu/c4*8-6-3-1-2-5(4-6)7(9)10;2*1-5-3-7-4-6(2)8-5;;/h4*1-4H,(H,9,10);2*3-4H,1-2H3;;/q;;;;;;2*+2/p-4. The van der Waals surface area contributed by atoms with Crippen molar-refractivity contribution in [3.8, 4) is 0 Å². The van der Waals surface area contributed by atoms with Crippen molar-refractivity contribution < 1.29 is 73.7 Å². The molecule has 0 saturated heterocycles. The average Bonchev–Trinajstić information content (AvgIpc) is 3.13. The molecule has 0 aliphatic carbocycles.